The standard InChI is InChI=1S/C12H10O2Te/c1-14-12(13)8-10-15-9-7-11-5-3-2-4-6-11/h2-6,8,10H,1H3. The number of hydrogen-bond acceptors (Lipinski definition) is 2. The van der Waals surface area contributed by atoms with Crippen molar-refractivity contribution in [3.8, 4) is 9.89 Å². The molecule has 0 N–H and O–H groups in total. The van der Waals surface area contributed by atoms with E-state index in [1.165, 1.54) is 13.2 Å². The third-order valence-electron chi connectivity index (χ3n) is 1.50. The molecule has 0 aliphatic carbocycles. The maximum atomic E-state index is 10.7. The van der Waals surface area contributed by atoms with E-state index < -0.39 is 20.9 Å². The number of carbonyl (C=O) groups excluding carboxylic acids is 1. The van der Waals surface area contributed by atoms with Gasteiger partial charge in [0.15, 0.2) is 0 Å². The zero-order valence-electron chi connectivity index (χ0n) is 8.27. The zero-order valence-corrected chi connectivity index (χ0v) is 10.6. The second-order valence-electron chi connectivity index (χ2n) is 2.54. The van der Waals surface area contributed by atoms with Crippen LogP contribution in [0.15, 0.2) is 40.5 Å². The van der Waals surface area contributed by atoms with E-state index in [-0.39, 0.29) is 5.97 Å². The van der Waals surface area contributed by atoms with E-state index in [9.17, 15) is 4.79 Å². The van der Waals surface area contributed by atoms with Crippen molar-refractivity contribution in [3.05, 3.63) is 46.1 Å². The van der Waals surface area contributed by atoms with Crippen LogP contribution in [0.3, 0.4) is 0 Å². The Morgan fingerprint density at radius 3 is 2.80 bits per heavy atom. The molecule has 0 amide bonds. The van der Waals surface area contributed by atoms with Crippen molar-refractivity contribution in [2.45, 2.75) is 0 Å². The van der Waals surface area contributed by atoms with Gasteiger partial charge < -0.3 is 0 Å². The third kappa shape index (κ3) is 5.27. The summed E-state index contributed by atoms with van der Waals surface area (Å²) in [6.45, 7) is 0. The molecule has 0 radical (unpaired) electrons. The fourth-order valence-electron chi connectivity index (χ4n) is 0.802. The number of esters is 1. The normalized spacial score (nSPS) is 9.40. The van der Waals surface area contributed by atoms with Gasteiger partial charge >= 0.3 is 99.5 Å². The van der Waals surface area contributed by atoms with Gasteiger partial charge in [-0.3, -0.25) is 0 Å². The molecule has 1 aromatic rings. The van der Waals surface area contributed by atoms with Crippen LogP contribution in [-0.4, -0.2) is 34.0 Å². The van der Waals surface area contributed by atoms with E-state index in [1.54, 1.807) is 0 Å². The zero-order chi connectivity index (χ0) is 10.9. The Morgan fingerprint density at radius 1 is 1.40 bits per heavy atom. The van der Waals surface area contributed by atoms with Gasteiger partial charge in [0.1, 0.15) is 0 Å². The first-order chi connectivity index (χ1) is 7.33. The van der Waals surface area contributed by atoms with Crippen molar-refractivity contribution in [2.75, 3.05) is 7.11 Å². The summed E-state index contributed by atoms with van der Waals surface area (Å²) in [5, 5.41) is 0. The molecule has 3 heteroatoms. The Bertz CT molecular complexity index is 399. The van der Waals surface area contributed by atoms with Crippen molar-refractivity contribution in [2.24, 2.45) is 0 Å². The predicted molar refractivity (Wildman–Crippen MR) is 60.2 cm³/mol. The molecule has 0 atom stereocenters. The Morgan fingerprint density at radius 2 is 2.13 bits per heavy atom. The van der Waals surface area contributed by atoms with Crippen LogP contribution in [0.5, 0.6) is 0 Å². The summed E-state index contributed by atoms with van der Waals surface area (Å²) in [6, 6.07) is 9.79. The number of hydrogen-bond donors (Lipinski definition) is 0. The molecule has 0 fully saturated rings. The fourth-order valence-corrected chi connectivity index (χ4v) is 2.01. The molecular formula is C12H10O2Te. The topological polar surface area (TPSA) is 26.3 Å². The van der Waals surface area contributed by atoms with E-state index in [2.05, 4.69) is 14.6 Å². The van der Waals surface area contributed by atoms with Crippen LogP contribution >= 0.6 is 0 Å². The van der Waals surface area contributed by atoms with Crippen LogP contribution < -0.4 is 0 Å². The van der Waals surface area contributed by atoms with Crippen molar-refractivity contribution in [1.29, 1.82) is 0 Å². The van der Waals surface area contributed by atoms with Gasteiger partial charge in [-0.1, -0.05) is 0 Å². The second-order valence-corrected chi connectivity index (χ2v) is 4.57. The number of carbonyl (C=O) groups is 1. The predicted octanol–water partition coefficient (Wildman–Crippen LogP) is 1.39. The number of rotatable bonds is 2. The molecule has 0 aliphatic rings. The SMILES string of the molecule is COC(=O)C=C[Te]C#Cc1ccccc1. The molecule has 0 saturated carbocycles. The van der Waals surface area contributed by atoms with Gasteiger partial charge in [0.05, 0.1) is 0 Å². The van der Waals surface area contributed by atoms with E-state index in [0.717, 1.165) is 5.56 Å². The van der Waals surface area contributed by atoms with Crippen molar-refractivity contribution in [1.82, 2.24) is 0 Å². The summed E-state index contributed by atoms with van der Waals surface area (Å²) in [4.78, 5) is 10.7. The average Bonchev–Trinajstić information content (AvgIpc) is 2.29. The van der Waals surface area contributed by atoms with Crippen LogP contribution in [0.1, 0.15) is 5.56 Å². The molecule has 2 nitrogen and oxygen atoms in total. The Balaban J connectivity index is 2.41. The first-order valence-electron chi connectivity index (χ1n) is 4.29. The van der Waals surface area contributed by atoms with Crippen molar-refractivity contribution >= 4 is 26.9 Å². The van der Waals surface area contributed by atoms with Crippen LogP contribution in [0.2, 0.25) is 0 Å². The van der Waals surface area contributed by atoms with Crippen molar-refractivity contribution in [3.63, 3.8) is 0 Å². The van der Waals surface area contributed by atoms with Gasteiger partial charge in [-0.25, -0.2) is 0 Å². The van der Waals surface area contributed by atoms with Crippen LogP contribution in [0, 0.1) is 9.89 Å². The molecule has 0 saturated heterocycles. The van der Waals surface area contributed by atoms with Gasteiger partial charge in [0.25, 0.3) is 0 Å². The van der Waals surface area contributed by atoms with Crippen LogP contribution in [0.25, 0.3) is 0 Å². The molecular weight excluding hydrogens is 304 g/mol. The molecule has 1 aromatic carbocycles. The molecule has 0 bridgehead atoms. The third-order valence-corrected chi connectivity index (χ3v) is 2.91. The van der Waals surface area contributed by atoms with Gasteiger partial charge in [-0.2, -0.15) is 0 Å². The molecule has 0 aliphatic heterocycles. The maximum absolute atomic E-state index is 10.7. The summed E-state index contributed by atoms with van der Waals surface area (Å²) in [5.41, 5.74) is 1.01. The molecule has 15 heavy (non-hydrogen) atoms. The minimum atomic E-state index is -0.552. The quantitative estimate of drug-likeness (QED) is 0.357. The molecule has 76 valence electrons. The summed E-state index contributed by atoms with van der Waals surface area (Å²) in [7, 11) is 1.36. The molecule has 0 unspecified atom stereocenters. The van der Waals surface area contributed by atoms with E-state index in [4.69, 9.17) is 0 Å². The van der Waals surface area contributed by atoms with Gasteiger partial charge in [0.2, 0.25) is 0 Å². The Kier molecular flexibility index (Phi) is 5.63. The monoisotopic (exact) mass is 316 g/mol. The van der Waals surface area contributed by atoms with E-state index >= 15 is 0 Å². The summed E-state index contributed by atoms with van der Waals surface area (Å²) >= 11 is -0.552. The van der Waals surface area contributed by atoms with Gasteiger partial charge in [-0.05, 0) is 0 Å². The first kappa shape index (κ1) is 11.9. The molecule has 1 rings (SSSR count). The van der Waals surface area contributed by atoms with E-state index in [0.29, 0.717) is 0 Å². The van der Waals surface area contributed by atoms with Crippen LogP contribution in [0.4, 0.5) is 0 Å². The molecule has 0 heterocycles. The molecule has 0 spiro atoms. The van der Waals surface area contributed by atoms with E-state index in [1.807, 2.05) is 34.5 Å². The summed E-state index contributed by atoms with van der Waals surface area (Å²) in [5.74, 6) is 2.72. The minimum absolute atomic E-state index is 0.318. The first-order valence-corrected chi connectivity index (χ1v) is 6.80. The van der Waals surface area contributed by atoms with Crippen LogP contribution in [-0.2, 0) is 9.53 Å². The molecule has 0 aromatic heterocycles. The fraction of sp³-hybridized carbons (Fsp3) is 0.0833. The summed E-state index contributed by atoms with van der Waals surface area (Å²) in [6.07, 6.45) is 1.43. The van der Waals surface area contributed by atoms with Gasteiger partial charge in [-0.15, -0.1) is 0 Å². The number of benzene rings is 1. The summed E-state index contributed by atoms with van der Waals surface area (Å²) < 4.78 is 9.34. The number of methoxy groups -OCH3 is 1. The number of ether oxygens (including phenoxy) is 1. The Labute approximate surface area is 99.4 Å². The van der Waals surface area contributed by atoms with Gasteiger partial charge in [0, 0.05) is 0 Å². The Hall–Kier alpha value is -1.22. The second kappa shape index (κ2) is 7.12. The van der Waals surface area contributed by atoms with Crippen molar-refractivity contribution < 1.29 is 9.53 Å². The average molecular weight is 314 g/mol.